The number of aromatic nitrogens is 1. The third-order valence-corrected chi connectivity index (χ3v) is 2.83. The molecule has 0 fully saturated rings. The van der Waals surface area contributed by atoms with Gasteiger partial charge in [0.1, 0.15) is 5.54 Å². The third kappa shape index (κ3) is 1.52. The second-order valence-electron chi connectivity index (χ2n) is 3.92. The second kappa shape index (κ2) is 3.31. The number of aryl methyl sites for hydroxylation is 1. The normalized spacial score (nSPS) is 11.8. The summed E-state index contributed by atoms with van der Waals surface area (Å²) in [5.41, 5.74) is 0.692. The molecule has 0 atom stereocenters. The van der Waals surface area contributed by atoms with Gasteiger partial charge in [-0.25, -0.2) is 4.79 Å². The van der Waals surface area contributed by atoms with Crippen molar-refractivity contribution in [1.82, 2.24) is 4.57 Å². The summed E-state index contributed by atoms with van der Waals surface area (Å²) in [6.07, 6.45) is 0. The van der Waals surface area contributed by atoms with Crippen LogP contribution in [0.15, 0.2) is 6.07 Å². The fraction of sp³-hybridized carbons (Fsp3) is 0.500. The van der Waals surface area contributed by atoms with Crippen molar-refractivity contribution in [2.75, 3.05) is 0 Å². The average Bonchev–Trinajstić information content (AvgIpc) is 2.26. The van der Waals surface area contributed by atoms with Crippen LogP contribution in [0.1, 0.15) is 25.2 Å². The van der Waals surface area contributed by atoms with Gasteiger partial charge in [-0.2, -0.15) is 0 Å². The largest absolute Gasteiger partial charge is 0.480 e. The first-order valence-electron chi connectivity index (χ1n) is 4.36. The number of nitrogens with zero attached hydrogens (tertiary/aromatic N) is 1. The van der Waals surface area contributed by atoms with Gasteiger partial charge in [0.05, 0.1) is 5.02 Å². The van der Waals surface area contributed by atoms with Gasteiger partial charge in [-0.15, -0.1) is 0 Å². The molecule has 0 radical (unpaired) electrons. The maximum absolute atomic E-state index is 11.1. The number of aliphatic carboxylic acids is 1. The second-order valence-corrected chi connectivity index (χ2v) is 4.33. The standard InChI is InChI=1S/C10H14ClNO2/c1-6-5-8(11)7(2)12(6)10(3,4)9(13)14/h5H,1-4H3,(H,13,14). The van der Waals surface area contributed by atoms with Crippen molar-refractivity contribution in [3.63, 3.8) is 0 Å². The van der Waals surface area contributed by atoms with Crippen molar-refractivity contribution in [3.05, 3.63) is 22.5 Å². The Morgan fingerprint density at radius 2 is 2.00 bits per heavy atom. The van der Waals surface area contributed by atoms with Crippen molar-refractivity contribution >= 4 is 17.6 Å². The molecule has 1 rings (SSSR count). The first kappa shape index (κ1) is 11.1. The summed E-state index contributed by atoms with van der Waals surface area (Å²) in [7, 11) is 0. The molecule has 14 heavy (non-hydrogen) atoms. The first-order chi connectivity index (χ1) is 6.28. The van der Waals surface area contributed by atoms with Gasteiger partial charge in [0.2, 0.25) is 0 Å². The first-order valence-corrected chi connectivity index (χ1v) is 4.74. The van der Waals surface area contributed by atoms with Gasteiger partial charge in [-0.05, 0) is 33.8 Å². The van der Waals surface area contributed by atoms with Crippen LogP contribution in [-0.4, -0.2) is 15.6 Å². The van der Waals surface area contributed by atoms with E-state index in [1.54, 1.807) is 24.5 Å². The molecule has 0 aliphatic carbocycles. The Hall–Kier alpha value is -0.960. The summed E-state index contributed by atoms with van der Waals surface area (Å²) in [5.74, 6) is -0.865. The molecule has 0 aliphatic rings. The minimum atomic E-state index is -0.957. The van der Waals surface area contributed by atoms with Crippen molar-refractivity contribution < 1.29 is 9.90 Å². The molecule has 0 spiro atoms. The molecular formula is C10H14ClNO2. The summed E-state index contributed by atoms with van der Waals surface area (Å²) >= 11 is 5.93. The molecule has 0 unspecified atom stereocenters. The smallest absolute Gasteiger partial charge is 0.329 e. The molecular weight excluding hydrogens is 202 g/mol. The number of halogens is 1. The maximum Gasteiger partial charge on any atom is 0.329 e. The summed E-state index contributed by atoms with van der Waals surface area (Å²) in [6.45, 7) is 6.99. The van der Waals surface area contributed by atoms with Crippen LogP contribution in [0.4, 0.5) is 0 Å². The Morgan fingerprint density at radius 3 is 2.29 bits per heavy atom. The van der Waals surface area contributed by atoms with Crippen LogP contribution in [-0.2, 0) is 10.3 Å². The van der Waals surface area contributed by atoms with Gasteiger partial charge in [0.15, 0.2) is 0 Å². The van der Waals surface area contributed by atoms with E-state index in [9.17, 15) is 4.79 Å². The van der Waals surface area contributed by atoms with Crippen molar-refractivity contribution in [1.29, 1.82) is 0 Å². The van der Waals surface area contributed by atoms with Crippen LogP contribution in [0.5, 0.6) is 0 Å². The fourth-order valence-electron chi connectivity index (χ4n) is 1.68. The molecule has 0 bridgehead atoms. The van der Waals surface area contributed by atoms with E-state index >= 15 is 0 Å². The SMILES string of the molecule is Cc1cc(Cl)c(C)n1C(C)(C)C(=O)O. The van der Waals surface area contributed by atoms with Gasteiger partial charge in [0.25, 0.3) is 0 Å². The van der Waals surface area contributed by atoms with Crippen molar-refractivity contribution in [2.45, 2.75) is 33.2 Å². The average molecular weight is 216 g/mol. The molecule has 1 aromatic heterocycles. The lowest BCUT2D eigenvalue weighted by molar-refractivity contribution is -0.145. The van der Waals surface area contributed by atoms with Crippen LogP contribution < -0.4 is 0 Å². The molecule has 78 valence electrons. The molecule has 1 N–H and O–H groups in total. The number of hydrogen-bond acceptors (Lipinski definition) is 1. The summed E-state index contributed by atoms with van der Waals surface area (Å²) in [4.78, 5) is 11.1. The van der Waals surface area contributed by atoms with Gasteiger partial charge < -0.3 is 9.67 Å². The van der Waals surface area contributed by atoms with Crippen LogP contribution in [0.3, 0.4) is 0 Å². The summed E-state index contributed by atoms with van der Waals surface area (Å²) in [5, 5.41) is 9.70. The molecule has 0 amide bonds. The van der Waals surface area contributed by atoms with Crippen molar-refractivity contribution in [3.8, 4) is 0 Å². The van der Waals surface area contributed by atoms with Crippen LogP contribution in [0.2, 0.25) is 5.02 Å². The Labute approximate surface area is 88.3 Å². The molecule has 1 heterocycles. The van der Waals surface area contributed by atoms with Crippen LogP contribution >= 0.6 is 11.6 Å². The molecule has 0 saturated carbocycles. The highest BCUT2D eigenvalue weighted by atomic mass is 35.5. The zero-order chi connectivity index (χ0) is 11.1. The quantitative estimate of drug-likeness (QED) is 0.824. The highest BCUT2D eigenvalue weighted by molar-refractivity contribution is 6.31. The molecule has 3 nitrogen and oxygen atoms in total. The highest BCUT2D eigenvalue weighted by Gasteiger charge is 2.31. The summed E-state index contributed by atoms with van der Waals surface area (Å²) in [6, 6.07) is 1.78. The lowest BCUT2D eigenvalue weighted by Crippen LogP contribution is -2.36. The van der Waals surface area contributed by atoms with Crippen LogP contribution in [0.25, 0.3) is 0 Å². The van der Waals surface area contributed by atoms with Gasteiger partial charge >= 0.3 is 5.97 Å². The molecule has 0 aromatic carbocycles. The highest BCUT2D eigenvalue weighted by Crippen LogP contribution is 2.27. The van der Waals surface area contributed by atoms with E-state index in [4.69, 9.17) is 16.7 Å². The number of carboxylic acid groups (broad SMARTS) is 1. The number of rotatable bonds is 2. The lowest BCUT2D eigenvalue weighted by Gasteiger charge is -2.25. The van der Waals surface area contributed by atoms with Gasteiger partial charge in [-0.3, -0.25) is 0 Å². The number of carboxylic acids is 1. The predicted molar refractivity (Wildman–Crippen MR) is 55.9 cm³/mol. The molecule has 4 heteroatoms. The van der Waals surface area contributed by atoms with Crippen LogP contribution in [0, 0.1) is 13.8 Å². The van der Waals surface area contributed by atoms with E-state index in [1.165, 1.54) is 0 Å². The van der Waals surface area contributed by atoms with E-state index in [1.807, 2.05) is 13.8 Å². The Balaban J connectivity index is 3.38. The topological polar surface area (TPSA) is 42.2 Å². The maximum atomic E-state index is 11.1. The van der Waals surface area contributed by atoms with E-state index in [0.717, 1.165) is 11.4 Å². The minimum Gasteiger partial charge on any atom is -0.480 e. The molecule has 0 saturated heterocycles. The Bertz CT molecular complexity index is 380. The molecule has 0 aliphatic heterocycles. The lowest BCUT2D eigenvalue weighted by atomic mass is 10.1. The summed E-state index contributed by atoms with van der Waals surface area (Å²) < 4.78 is 1.73. The zero-order valence-corrected chi connectivity index (χ0v) is 9.51. The van der Waals surface area contributed by atoms with Gasteiger partial charge in [0, 0.05) is 11.4 Å². The monoisotopic (exact) mass is 215 g/mol. The third-order valence-electron chi connectivity index (χ3n) is 2.45. The van der Waals surface area contributed by atoms with E-state index in [0.29, 0.717) is 5.02 Å². The molecule has 1 aromatic rings. The van der Waals surface area contributed by atoms with E-state index in [-0.39, 0.29) is 0 Å². The fourth-order valence-corrected chi connectivity index (χ4v) is 1.92. The van der Waals surface area contributed by atoms with Gasteiger partial charge in [-0.1, -0.05) is 11.6 Å². The number of carbonyl (C=O) groups is 1. The van der Waals surface area contributed by atoms with Crippen molar-refractivity contribution in [2.24, 2.45) is 0 Å². The number of hydrogen-bond donors (Lipinski definition) is 1. The Morgan fingerprint density at radius 1 is 1.50 bits per heavy atom. The van der Waals surface area contributed by atoms with E-state index in [2.05, 4.69) is 0 Å². The zero-order valence-electron chi connectivity index (χ0n) is 8.76. The minimum absolute atomic E-state index is 0.608. The Kier molecular flexibility index (Phi) is 2.63. The predicted octanol–water partition coefficient (Wildman–Crippen LogP) is 2.58. The van der Waals surface area contributed by atoms with E-state index < -0.39 is 11.5 Å².